The molecule has 3 aromatic rings. The number of anilines is 1. The maximum Gasteiger partial charge on any atom is 0.266 e. The largest absolute Gasteiger partial charge is 0.478 e. The molecule has 0 aliphatic heterocycles. The van der Waals surface area contributed by atoms with E-state index in [2.05, 4.69) is 20.3 Å². The minimum Gasteiger partial charge on any atom is -0.478 e. The number of hydrogen-bond donors (Lipinski definition) is 1. The second-order valence-electron chi connectivity index (χ2n) is 5.40. The Morgan fingerprint density at radius 3 is 2.58 bits per heavy atom. The van der Waals surface area contributed by atoms with Gasteiger partial charge in [-0.25, -0.2) is 13.4 Å². The monoisotopic (exact) mass is 359 g/mol. The zero-order chi connectivity index (χ0) is 18.5. The first-order valence-corrected chi connectivity index (χ1v) is 7.89. The van der Waals surface area contributed by atoms with Crippen LogP contribution in [0.4, 0.5) is 14.6 Å². The number of benzene rings is 2. The highest BCUT2D eigenvalue weighted by atomic mass is 19.1. The van der Waals surface area contributed by atoms with Crippen molar-refractivity contribution in [3.63, 3.8) is 0 Å². The molecule has 26 heavy (non-hydrogen) atoms. The lowest BCUT2D eigenvalue weighted by Gasteiger charge is -2.16. The molecular formula is C18H15F2N3O3. The molecule has 0 fully saturated rings. The van der Waals surface area contributed by atoms with Crippen LogP contribution < -0.4 is 10.1 Å². The number of aromatic nitrogens is 2. The Balaban J connectivity index is 1.76. The Labute approximate surface area is 147 Å². The van der Waals surface area contributed by atoms with Crippen LogP contribution >= 0.6 is 0 Å². The molecule has 1 aromatic heterocycles. The first kappa shape index (κ1) is 17.5. The van der Waals surface area contributed by atoms with Crippen LogP contribution in [0.2, 0.25) is 0 Å². The zero-order valence-electron chi connectivity index (χ0n) is 13.8. The summed E-state index contributed by atoms with van der Waals surface area (Å²) in [4.78, 5) is 12.5. The van der Waals surface area contributed by atoms with Crippen molar-refractivity contribution in [1.29, 1.82) is 0 Å². The van der Waals surface area contributed by atoms with Crippen molar-refractivity contribution in [2.45, 2.75) is 19.4 Å². The lowest BCUT2D eigenvalue weighted by molar-refractivity contribution is -0.122. The number of ether oxygens (including phenoxy) is 1. The molecule has 0 aliphatic rings. The number of carbonyl (C=O) groups is 1. The third-order valence-corrected chi connectivity index (χ3v) is 3.62. The van der Waals surface area contributed by atoms with Crippen LogP contribution in [-0.2, 0) is 4.79 Å². The predicted octanol–water partition coefficient (Wildman–Crippen LogP) is 3.81. The Bertz CT molecular complexity index is 897. The van der Waals surface area contributed by atoms with Crippen LogP contribution in [0.3, 0.4) is 0 Å². The molecule has 0 bridgehead atoms. The van der Waals surface area contributed by atoms with Gasteiger partial charge in [0.25, 0.3) is 5.91 Å². The van der Waals surface area contributed by atoms with Crippen molar-refractivity contribution in [1.82, 2.24) is 10.3 Å². The van der Waals surface area contributed by atoms with Gasteiger partial charge >= 0.3 is 0 Å². The highest BCUT2D eigenvalue weighted by Crippen LogP contribution is 2.25. The summed E-state index contributed by atoms with van der Waals surface area (Å²) in [5.74, 6) is -1.45. The van der Waals surface area contributed by atoms with Gasteiger partial charge in [0.1, 0.15) is 5.82 Å². The van der Waals surface area contributed by atoms with Crippen molar-refractivity contribution >= 4 is 11.7 Å². The van der Waals surface area contributed by atoms with Crippen LogP contribution in [0.15, 0.2) is 53.2 Å². The number of halogens is 2. The van der Waals surface area contributed by atoms with Gasteiger partial charge in [-0.1, -0.05) is 19.1 Å². The third kappa shape index (κ3) is 3.85. The van der Waals surface area contributed by atoms with E-state index in [0.29, 0.717) is 12.0 Å². The molecule has 1 N–H and O–H groups in total. The number of amides is 1. The molecule has 1 atom stereocenters. The Morgan fingerprint density at radius 1 is 1.15 bits per heavy atom. The van der Waals surface area contributed by atoms with E-state index in [1.54, 1.807) is 13.0 Å². The molecular weight excluding hydrogens is 344 g/mol. The van der Waals surface area contributed by atoms with E-state index >= 15 is 0 Å². The van der Waals surface area contributed by atoms with E-state index in [-0.39, 0.29) is 17.3 Å². The lowest BCUT2D eigenvalue weighted by atomic mass is 10.1. The van der Waals surface area contributed by atoms with Gasteiger partial charge in [0, 0.05) is 5.56 Å². The molecule has 0 saturated carbocycles. The van der Waals surface area contributed by atoms with Crippen molar-refractivity contribution < 1.29 is 22.9 Å². The fourth-order valence-corrected chi connectivity index (χ4v) is 2.28. The summed E-state index contributed by atoms with van der Waals surface area (Å²) in [5.41, 5.74) is 0.769. The standard InChI is InChI=1S/C18H15F2N3O3/c1-2-14(25-15-6-4-3-5-13(15)20)18(24)21-17-16(22-26-23-17)11-7-9-12(19)10-8-11/h3-10,14H,2H2,1H3,(H,21,23,24)/t14-/m1/s1. The number of carbonyl (C=O) groups excluding carboxylic acids is 1. The first-order valence-electron chi connectivity index (χ1n) is 7.89. The van der Waals surface area contributed by atoms with Gasteiger partial charge in [0.15, 0.2) is 23.4 Å². The SMILES string of the molecule is CC[C@@H](Oc1ccccc1F)C(=O)Nc1nonc1-c1ccc(F)cc1. The molecule has 0 spiro atoms. The van der Waals surface area contributed by atoms with E-state index in [9.17, 15) is 13.6 Å². The highest BCUT2D eigenvalue weighted by molar-refractivity contribution is 5.96. The summed E-state index contributed by atoms with van der Waals surface area (Å²) >= 11 is 0. The molecule has 1 amide bonds. The third-order valence-electron chi connectivity index (χ3n) is 3.62. The molecule has 0 saturated heterocycles. The van der Waals surface area contributed by atoms with E-state index in [1.165, 1.54) is 42.5 Å². The molecule has 3 rings (SSSR count). The van der Waals surface area contributed by atoms with E-state index < -0.39 is 23.6 Å². The summed E-state index contributed by atoms with van der Waals surface area (Å²) in [6, 6.07) is 11.3. The van der Waals surface area contributed by atoms with Gasteiger partial charge in [-0.05, 0) is 53.1 Å². The van der Waals surface area contributed by atoms with Gasteiger partial charge in [-0.3, -0.25) is 4.79 Å². The van der Waals surface area contributed by atoms with Crippen LogP contribution in [0.5, 0.6) is 5.75 Å². The fraction of sp³-hybridized carbons (Fsp3) is 0.167. The Hall–Kier alpha value is -3.29. The second-order valence-corrected chi connectivity index (χ2v) is 5.40. The van der Waals surface area contributed by atoms with E-state index in [0.717, 1.165) is 0 Å². The van der Waals surface area contributed by atoms with Crippen LogP contribution in [0.1, 0.15) is 13.3 Å². The Kier molecular flexibility index (Phi) is 5.21. The summed E-state index contributed by atoms with van der Waals surface area (Å²) < 4.78 is 36.9. The topological polar surface area (TPSA) is 77.2 Å². The number of rotatable bonds is 6. The van der Waals surface area contributed by atoms with Crippen molar-refractivity contribution in [2.24, 2.45) is 0 Å². The summed E-state index contributed by atoms with van der Waals surface area (Å²) in [6.45, 7) is 1.73. The van der Waals surface area contributed by atoms with Gasteiger partial charge < -0.3 is 10.1 Å². The highest BCUT2D eigenvalue weighted by Gasteiger charge is 2.23. The van der Waals surface area contributed by atoms with Gasteiger partial charge in [-0.15, -0.1) is 0 Å². The molecule has 6 nitrogen and oxygen atoms in total. The summed E-state index contributed by atoms with van der Waals surface area (Å²) in [7, 11) is 0. The first-order chi connectivity index (χ1) is 12.6. The molecule has 1 heterocycles. The minimum atomic E-state index is -0.940. The number of nitrogens with one attached hydrogen (secondary N) is 1. The summed E-state index contributed by atoms with van der Waals surface area (Å²) in [5, 5.41) is 9.93. The Morgan fingerprint density at radius 2 is 1.88 bits per heavy atom. The second kappa shape index (κ2) is 7.73. The predicted molar refractivity (Wildman–Crippen MR) is 89.4 cm³/mol. The average molecular weight is 359 g/mol. The van der Waals surface area contributed by atoms with Crippen LogP contribution in [0, 0.1) is 11.6 Å². The fourth-order valence-electron chi connectivity index (χ4n) is 2.28. The quantitative estimate of drug-likeness (QED) is 0.724. The molecule has 0 unspecified atom stereocenters. The van der Waals surface area contributed by atoms with Gasteiger partial charge in [-0.2, -0.15) is 0 Å². The maximum atomic E-state index is 13.7. The molecule has 134 valence electrons. The number of nitrogens with zero attached hydrogens (tertiary/aromatic N) is 2. The average Bonchev–Trinajstić information content (AvgIpc) is 3.09. The normalized spacial score (nSPS) is 11.8. The van der Waals surface area contributed by atoms with E-state index in [1.807, 2.05) is 0 Å². The molecule has 0 radical (unpaired) electrons. The van der Waals surface area contributed by atoms with Gasteiger partial charge in [0.2, 0.25) is 5.82 Å². The summed E-state index contributed by atoms with van der Waals surface area (Å²) in [6.07, 6.45) is -0.637. The lowest BCUT2D eigenvalue weighted by Crippen LogP contribution is -2.32. The number of hydrogen-bond acceptors (Lipinski definition) is 5. The molecule has 2 aromatic carbocycles. The number of para-hydroxylation sites is 1. The minimum absolute atomic E-state index is 0.0217. The molecule has 8 heteroatoms. The smallest absolute Gasteiger partial charge is 0.266 e. The van der Waals surface area contributed by atoms with Crippen LogP contribution in [0.25, 0.3) is 11.3 Å². The van der Waals surface area contributed by atoms with Crippen molar-refractivity contribution in [2.75, 3.05) is 5.32 Å². The van der Waals surface area contributed by atoms with Crippen molar-refractivity contribution in [3.8, 4) is 17.0 Å². The van der Waals surface area contributed by atoms with E-state index in [4.69, 9.17) is 4.74 Å². The van der Waals surface area contributed by atoms with Crippen molar-refractivity contribution in [3.05, 3.63) is 60.2 Å². The maximum absolute atomic E-state index is 13.7. The molecule has 0 aliphatic carbocycles. The van der Waals surface area contributed by atoms with Crippen LogP contribution in [-0.4, -0.2) is 22.3 Å². The zero-order valence-corrected chi connectivity index (χ0v) is 13.8. The van der Waals surface area contributed by atoms with Gasteiger partial charge in [0.05, 0.1) is 0 Å².